The van der Waals surface area contributed by atoms with E-state index in [2.05, 4.69) is 22.5 Å². The van der Waals surface area contributed by atoms with Crippen LogP contribution in [0.3, 0.4) is 0 Å². The van der Waals surface area contributed by atoms with E-state index in [-0.39, 0.29) is 35.5 Å². The smallest absolute Gasteiger partial charge is 0.305 e. The van der Waals surface area contributed by atoms with Crippen LogP contribution in [0.25, 0.3) is 0 Å². The van der Waals surface area contributed by atoms with Gasteiger partial charge in [-0.3, -0.25) is 9.79 Å². The zero-order valence-electron chi connectivity index (χ0n) is 16.1. The van der Waals surface area contributed by atoms with Gasteiger partial charge in [0, 0.05) is 33.2 Å². The molecule has 6 nitrogen and oxygen atoms in total. The van der Waals surface area contributed by atoms with Crippen molar-refractivity contribution in [3.05, 3.63) is 0 Å². The molecule has 0 aromatic rings. The quantitative estimate of drug-likeness (QED) is 0.160. The molecular weight excluding hydrogens is 433 g/mol. The summed E-state index contributed by atoms with van der Waals surface area (Å²) in [4.78, 5) is 15.5. The molecule has 1 rings (SSSR count). The molecule has 1 aliphatic rings. The number of halogens is 1. The van der Waals surface area contributed by atoms with Crippen LogP contribution in [-0.4, -0.2) is 50.9 Å². The van der Waals surface area contributed by atoms with Crippen LogP contribution in [0.2, 0.25) is 0 Å². The molecule has 148 valence electrons. The first-order valence-corrected chi connectivity index (χ1v) is 9.34. The highest BCUT2D eigenvalue weighted by Gasteiger charge is 2.29. The first-order chi connectivity index (χ1) is 11.6. The summed E-state index contributed by atoms with van der Waals surface area (Å²) in [7, 11) is 1.79. The van der Waals surface area contributed by atoms with E-state index in [4.69, 9.17) is 9.47 Å². The van der Waals surface area contributed by atoms with Crippen molar-refractivity contribution in [2.75, 3.05) is 33.4 Å². The first-order valence-electron chi connectivity index (χ1n) is 9.34. The van der Waals surface area contributed by atoms with Gasteiger partial charge in [-0.05, 0) is 39.5 Å². The molecule has 0 aromatic heterocycles. The number of unbranched alkanes of at least 4 members (excludes halogenated alkanes) is 4. The van der Waals surface area contributed by atoms with Crippen molar-refractivity contribution in [2.45, 2.75) is 70.8 Å². The maximum atomic E-state index is 11.2. The Bertz CT molecular complexity index is 386. The van der Waals surface area contributed by atoms with Crippen molar-refractivity contribution in [2.24, 2.45) is 4.99 Å². The van der Waals surface area contributed by atoms with Gasteiger partial charge in [-0.25, -0.2) is 0 Å². The number of nitrogens with one attached hydrogen (secondary N) is 2. The molecule has 0 radical (unpaired) electrons. The van der Waals surface area contributed by atoms with E-state index in [1.807, 2.05) is 6.92 Å². The van der Waals surface area contributed by atoms with Crippen molar-refractivity contribution < 1.29 is 14.3 Å². The number of carbonyl (C=O) groups is 1. The van der Waals surface area contributed by atoms with Crippen LogP contribution in [0.5, 0.6) is 0 Å². The minimum atomic E-state index is -0.0750. The Hall–Kier alpha value is -0.570. The van der Waals surface area contributed by atoms with Gasteiger partial charge in [-0.2, -0.15) is 0 Å². The average Bonchev–Trinajstić information content (AvgIpc) is 3.00. The van der Waals surface area contributed by atoms with Crippen LogP contribution in [-0.2, 0) is 14.3 Å². The maximum absolute atomic E-state index is 11.2. The summed E-state index contributed by atoms with van der Waals surface area (Å²) in [5, 5.41) is 6.70. The third-order valence-electron chi connectivity index (χ3n) is 4.31. The SMILES string of the molecule is CCOC(=O)CCCCCCCNC(=NC)NCC1(C)CCCO1.I. The number of guanidine groups is 1. The Balaban J connectivity index is 0.00000576. The molecule has 1 aliphatic heterocycles. The monoisotopic (exact) mass is 469 g/mol. The van der Waals surface area contributed by atoms with Crippen molar-refractivity contribution in [1.29, 1.82) is 0 Å². The Morgan fingerprint density at radius 2 is 1.92 bits per heavy atom. The van der Waals surface area contributed by atoms with E-state index in [0.717, 1.165) is 70.6 Å². The van der Waals surface area contributed by atoms with Crippen LogP contribution in [0.15, 0.2) is 4.99 Å². The number of ether oxygens (including phenoxy) is 2. The number of aliphatic imine (C=N–C) groups is 1. The number of hydrogen-bond donors (Lipinski definition) is 2. The Morgan fingerprint density at radius 3 is 2.56 bits per heavy atom. The summed E-state index contributed by atoms with van der Waals surface area (Å²) in [6, 6.07) is 0. The van der Waals surface area contributed by atoms with Gasteiger partial charge in [0.2, 0.25) is 0 Å². The molecule has 7 heteroatoms. The minimum absolute atomic E-state index is 0. The third-order valence-corrected chi connectivity index (χ3v) is 4.31. The van der Waals surface area contributed by atoms with Gasteiger partial charge in [0.1, 0.15) is 0 Å². The summed E-state index contributed by atoms with van der Waals surface area (Å²) >= 11 is 0. The molecule has 1 fully saturated rings. The summed E-state index contributed by atoms with van der Waals surface area (Å²) in [5.74, 6) is 0.767. The zero-order valence-corrected chi connectivity index (χ0v) is 18.4. The number of rotatable bonds is 11. The normalized spacial score (nSPS) is 20.0. The van der Waals surface area contributed by atoms with Crippen molar-refractivity contribution in [1.82, 2.24) is 10.6 Å². The minimum Gasteiger partial charge on any atom is -0.466 e. The van der Waals surface area contributed by atoms with E-state index in [1.54, 1.807) is 7.05 Å². The molecule has 1 heterocycles. The molecule has 1 unspecified atom stereocenters. The second-order valence-corrected chi connectivity index (χ2v) is 6.58. The molecule has 0 spiro atoms. The van der Waals surface area contributed by atoms with Gasteiger partial charge in [0.15, 0.2) is 5.96 Å². The molecular formula is C18H36IN3O3. The summed E-state index contributed by atoms with van der Waals surface area (Å²) in [6.45, 7) is 7.03. The Labute approximate surface area is 169 Å². The lowest BCUT2D eigenvalue weighted by Crippen LogP contribution is -2.45. The molecule has 1 saturated heterocycles. The Kier molecular flexibility index (Phi) is 14.3. The van der Waals surface area contributed by atoms with Crippen molar-refractivity contribution in [3.63, 3.8) is 0 Å². The number of esters is 1. The van der Waals surface area contributed by atoms with Gasteiger partial charge in [0.25, 0.3) is 0 Å². The molecule has 0 aromatic carbocycles. The molecule has 25 heavy (non-hydrogen) atoms. The van der Waals surface area contributed by atoms with Crippen LogP contribution < -0.4 is 10.6 Å². The maximum Gasteiger partial charge on any atom is 0.305 e. The largest absolute Gasteiger partial charge is 0.466 e. The highest BCUT2D eigenvalue weighted by molar-refractivity contribution is 14.0. The van der Waals surface area contributed by atoms with Crippen LogP contribution in [0.1, 0.15) is 65.2 Å². The molecule has 0 bridgehead atoms. The van der Waals surface area contributed by atoms with Gasteiger partial charge >= 0.3 is 5.97 Å². The van der Waals surface area contributed by atoms with E-state index in [1.165, 1.54) is 0 Å². The zero-order chi connectivity index (χ0) is 17.7. The van der Waals surface area contributed by atoms with E-state index in [0.29, 0.717) is 13.0 Å². The Morgan fingerprint density at radius 1 is 1.20 bits per heavy atom. The summed E-state index contributed by atoms with van der Waals surface area (Å²) in [5.41, 5.74) is -0.0590. The average molecular weight is 469 g/mol. The number of carbonyl (C=O) groups excluding carboxylic acids is 1. The van der Waals surface area contributed by atoms with Crippen LogP contribution in [0, 0.1) is 0 Å². The topological polar surface area (TPSA) is 72.0 Å². The highest BCUT2D eigenvalue weighted by atomic mass is 127. The van der Waals surface area contributed by atoms with Crippen LogP contribution >= 0.6 is 24.0 Å². The lowest BCUT2D eigenvalue weighted by atomic mass is 10.0. The summed E-state index contributed by atoms with van der Waals surface area (Å²) < 4.78 is 10.7. The lowest BCUT2D eigenvalue weighted by Gasteiger charge is -2.24. The number of hydrogen-bond acceptors (Lipinski definition) is 4. The van der Waals surface area contributed by atoms with Gasteiger partial charge in [-0.15, -0.1) is 24.0 Å². The molecule has 0 aliphatic carbocycles. The predicted molar refractivity (Wildman–Crippen MR) is 113 cm³/mol. The van der Waals surface area contributed by atoms with Gasteiger partial charge in [0.05, 0.1) is 12.2 Å². The predicted octanol–water partition coefficient (Wildman–Crippen LogP) is 3.24. The first kappa shape index (κ1) is 24.4. The molecule has 2 N–H and O–H groups in total. The molecule has 0 amide bonds. The third kappa shape index (κ3) is 11.6. The molecule has 0 saturated carbocycles. The van der Waals surface area contributed by atoms with Gasteiger partial charge in [-0.1, -0.05) is 19.3 Å². The lowest BCUT2D eigenvalue weighted by molar-refractivity contribution is -0.143. The fourth-order valence-corrected chi connectivity index (χ4v) is 2.83. The standard InChI is InChI=1S/C18H35N3O3.HI/c1-4-23-16(22)11-8-6-5-7-9-13-20-17(19-3)21-15-18(2)12-10-14-24-18;/h4-15H2,1-3H3,(H2,19,20,21);1H. The van der Waals surface area contributed by atoms with Crippen molar-refractivity contribution in [3.8, 4) is 0 Å². The van der Waals surface area contributed by atoms with Crippen molar-refractivity contribution >= 4 is 35.9 Å². The van der Waals surface area contributed by atoms with E-state index >= 15 is 0 Å². The highest BCUT2D eigenvalue weighted by Crippen LogP contribution is 2.23. The summed E-state index contributed by atoms with van der Waals surface area (Å²) in [6.07, 6.45) is 8.21. The van der Waals surface area contributed by atoms with E-state index in [9.17, 15) is 4.79 Å². The number of nitrogens with zero attached hydrogens (tertiary/aromatic N) is 1. The van der Waals surface area contributed by atoms with Gasteiger partial charge < -0.3 is 20.1 Å². The van der Waals surface area contributed by atoms with E-state index < -0.39 is 0 Å². The fourth-order valence-electron chi connectivity index (χ4n) is 2.83. The second kappa shape index (κ2) is 14.6. The second-order valence-electron chi connectivity index (χ2n) is 6.58. The fraction of sp³-hybridized carbons (Fsp3) is 0.889. The van der Waals surface area contributed by atoms with Crippen LogP contribution in [0.4, 0.5) is 0 Å². The molecule has 1 atom stereocenters.